The molecule has 25 heavy (non-hydrogen) atoms. The van der Waals surface area contributed by atoms with E-state index in [0.29, 0.717) is 26.0 Å². The topological polar surface area (TPSA) is 50.8 Å². The van der Waals surface area contributed by atoms with E-state index in [1.165, 1.54) is 4.88 Å². The van der Waals surface area contributed by atoms with E-state index in [1.54, 1.807) is 18.4 Å². The summed E-state index contributed by atoms with van der Waals surface area (Å²) in [5, 5.41) is 5.08. The van der Waals surface area contributed by atoms with Crippen molar-refractivity contribution in [3.05, 3.63) is 46.7 Å². The molecule has 0 saturated heterocycles. The number of ether oxygens (including phenoxy) is 2. The number of nitrogens with zero attached hydrogens (tertiary/aromatic N) is 1. The molecule has 1 aromatic heterocycles. The normalized spacial score (nSPS) is 12.0. The number of hydrogen-bond donors (Lipinski definition) is 1. The molecule has 6 heteroatoms. The van der Waals surface area contributed by atoms with Crippen LogP contribution in [0.25, 0.3) is 0 Å². The first-order valence-electron chi connectivity index (χ1n) is 8.33. The van der Waals surface area contributed by atoms with Crippen molar-refractivity contribution in [2.75, 3.05) is 34.4 Å². The minimum absolute atomic E-state index is 0.0572. The van der Waals surface area contributed by atoms with Gasteiger partial charge in [-0.25, -0.2) is 0 Å². The molecule has 1 unspecified atom stereocenters. The highest BCUT2D eigenvalue weighted by molar-refractivity contribution is 7.10. The first-order chi connectivity index (χ1) is 12.1. The molecule has 5 nitrogen and oxygen atoms in total. The number of carbonyl (C=O) groups excluding carboxylic acids is 1. The van der Waals surface area contributed by atoms with E-state index in [1.807, 2.05) is 44.4 Å². The van der Waals surface area contributed by atoms with Crippen LogP contribution in [-0.2, 0) is 4.79 Å². The summed E-state index contributed by atoms with van der Waals surface area (Å²) in [4.78, 5) is 15.4. The molecule has 1 heterocycles. The summed E-state index contributed by atoms with van der Waals surface area (Å²) >= 11 is 1.71. The molecule has 1 aromatic carbocycles. The highest BCUT2D eigenvalue weighted by Crippen LogP contribution is 2.22. The summed E-state index contributed by atoms with van der Waals surface area (Å²) in [6.07, 6.45) is 1.14. The monoisotopic (exact) mass is 362 g/mol. The molecule has 0 radical (unpaired) electrons. The van der Waals surface area contributed by atoms with Crippen molar-refractivity contribution in [3.8, 4) is 11.5 Å². The third kappa shape index (κ3) is 6.40. The number of benzene rings is 1. The molecule has 136 valence electrons. The summed E-state index contributed by atoms with van der Waals surface area (Å²) in [6, 6.07) is 11.8. The smallest absolute Gasteiger partial charge is 0.220 e. The van der Waals surface area contributed by atoms with Gasteiger partial charge in [-0.15, -0.1) is 11.3 Å². The second-order valence-corrected chi connectivity index (χ2v) is 6.91. The zero-order chi connectivity index (χ0) is 18.1. The Morgan fingerprint density at radius 2 is 1.92 bits per heavy atom. The summed E-state index contributed by atoms with van der Waals surface area (Å²) in [5.41, 5.74) is 0. The molecular formula is C19H26N2O3S. The number of thiophene rings is 1. The lowest BCUT2D eigenvalue weighted by atomic mass is 10.2. The van der Waals surface area contributed by atoms with Crippen LogP contribution in [0, 0.1) is 0 Å². The second kappa shape index (κ2) is 10.1. The van der Waals surface area contributed by atoms with Gasteiger partial charge in [0.15, 0.2) is 0 Å². The van der Waals surface area contributed by atoms with Gasteiger partial charge in [0, 0.05) is 17.8 Å². The zero-order valence-electron chi connectivity index (χ0n) is 15.0. The number of hydrogen-bond acceptors (Lipinski definition) is 5. The van der Waals surface area contributed by atoms with Gasteiger partial charge in [0.25, 0.3) is 0 Å². The van der Waals surface area contributed by atoms with Gasteiger partial charge in [-0.3, -0.25) is 4.79 Å². The summed E-state index contributed by atoms with van der Waals surface area (Å²) in [7, 11) is 5.69. The number of rotatable bonds is 10. The number of nitrogens with one attached hydrogen (secondary N) is 1. The predicted octanol–water partition coefficient (Wildman–Crippen LogP) is 3.33. The Hall–Kier alpha value is -2.05. The molecule has 0 bridgehead atoms. The minimum atomic E-state index is 0.0572. The Morgan fingerprint density at radius 1 is 1.20 bits per heavy atom. The van der Waals surface area contributed by atoms with E-state index >= 15 is 0 Å². The van der Waals surface area contributed by atoms with Crippen molar-refractivity contribution in [1.82, 2.24) is 10.2 Å². The molecule has 1 N–H and O–H groups in total. The predicted molar refractivity (Wildman–Crippen MR) is 101 cm³/mol. The summed E-state index contributed by atoms with van der Waals surface area (Å²) in [6.45, 7) is 1.13. The second-order valence-electron chi connectivity index (χ2n) is 5.93. The number of likely N-dealkylation sites (N-methyl/N-ethyl adjacent to an activating group) is 1. The van der Waals surface area contributed by atoms with Crippen LogP contribution in [-0.4, -0.2) is 45.2 Å². The van der Waals surface area contributed by atoms with Crippen LogP contribution in [0.2, 0.25) is 0 Å². The highest BCUT2D eigenvalue weighted by atomic mass is 32.1. The Balaban J connectivity index is 1.66. The van der Waals surface area contributed by atoms with Crippen molar-refractivity contribution in [3.63, 3.8) is 0 Å². The molecular weight excluding hydrogens is 336 g/mol. The Bertz CT molecular complexity index is 627. The van der Waals surface area contributed by atoms with E-state index < -0.39 is 0 Å². The number of carbonyl (C=O) groups is 1. The molecule has 0 spiro atoms. The first-order valence-corrected chi connectivity index (χ1v) is 9.21. The summed E-state index contributed by atoms with van der Waals surface area (Å²) in [5.74, 6) is 1.64. The van der Waals surface area contributed by atoms with Crippen LogP contribution in [0.15, 0.2) is 41.8 Å². The zero-order valence-corrected chi connectivity index (χ0v) is 15.8. The average molecular weight is 362 g/mol. The molecule has 2 rings (SSSR count). The SMILES string of the molecule is COc1ccc(OCCCC(=O)NCC(c2cccs2)N(C)C)cc1. The van der Waals surface area contributed by atoms with Crippen molar-refractivity contribution in [1.29, 1.82) is 0 Å². The van der Waals surface area contributed by atoms with Crippen LogP contribution in [0.4, 0.5) is 0 Å². The Morgan fingerprint density at radius 3 is 2.52 bits per heavy atom. The molecule has 0 aliphatic rings. The van der Waals surface area contributed by atoms with Crippen LogP contribution < -0.4 is 14.8 Å². The van der Waals surface area contributed by atoms with E-state index in [0.717, 1.165) is 11.5 Å². The molecule has 0 aliphatic carbocycles. The maximum atomic E-state index is 12.0. The lowest BCUT2D eigenvalue weighted by molar-refractivity contribution is -0.121. The van der Waals surface area contributed by atoms with E-state index in [-0.39, 0.29) is 11.9 Å². The largest absolute Gasteiger partial charge is 0.497 e. The van der Waals surface area contributed by atoms with E-state index in [2.05, 4.69) is 21.7 Å². The lowest BCUT2D eigenvalue weighted by Crippen LogP contribution is -2.34. The standard InChI is InChI=1S/C19H26N2O3S/c1-21(2)17(18-6-5-13-25-18)14-20-19(22)7-4-12-24-16-10-8-15(23-3)9-11-16/h5-6,8-11,13,17H,4,7,12,14H2,1-3H3,(H,20,22). The fourth-order valence-corrected chi connectivity index (χ4v) is 3.33. The minimum Gasteiger partial charge on any atom is -0.497 e. The van der Waals surface area contributed by atoms with Gasteiger partial charge in [0.05, 0.1) is 19.8 Å². The Kier molecular flexibility index (Phi) is 7.76. The maximum absolute atomic E-state index is 12.0. The van der Waals surface area contributed by atoms with Gasteiger partial charge in [-0.05, 0) is 56.2 Å². The van der Waals surface area contributed by atoms with Crippen LogP contribution in [0.5, 0.6) is 11.5 Å². The van der Waals surface area contributed by atoms with Crippen molar-refractivity contribution >= 4 is 17.2 Å². The average Bonchev–Trinajstić information content (AvgIpc) is 3.13. The van der Waals surface area contributed by atoms with Gasteiger partial charge < -0.3 is 19.7 Å². The fraction of sp³-hybridized carbons (Fsp3) is 0.421. The third-order valence-corrected chi connectivity index (χ3v) is 4.84. The molecule has 0 aliphatic heterocycles. The summed E-state index contributed by atoms with van der Waals surface area (Å²) < 4.78 is 10.7. The quantitative estimate of drug-likeness (QED) is 0.659. The van der Waals surface area contributed by atoms with Crippen molar-refractivity contribution in [2.45, 2.75) is 18.9 Å². The number of methoxy groups -OCH3 is 1. The van der Waals surface area contributed by atoms with Crippen LogP contribution >= 0.6 is 11.3 Å². The molecule has 1 amide bonds. The first kappa shape index (κ1) is 19.3. The van der Waals surface area contributed by atoms with E-state index in [9.17, 15) is 4.79 Å². The third-order valence-electron chi connectivity index (χ3n) is 3.86. The van der Waals surface area contributed by atoms with Gasteiger partial charge in [0.1, 0.15) is 11.5 Å². The molecule has 0 saturated carbocycles. The number of amides is 1. The fourth-order valence-electron chi connectivity index (χ4n) is 2.41. The van der Waals surface area contributed by atoms with Crippen molar-refractivity contribution in [2.24, 2.45) is 0 Å². The van der Waals surface area contributed by atoms with Crippen LogP contribution in [0.1, 0.15) is 23.8 Å². The van der Waals surface area contributed by atoms with Gasteiger partial charge in [0.2, 0.25) is 5.91 Å². The van der Waals surface area contributed by atoms with Gasteiger partial charge in [-0.2, -0.15) is 0 Å². The molecule has 0 fully saturated rings. The van der Waals surface area contributed by atoms with Gasteiger partial charge >= 0.3 is 0 Å². The molecule has 2 aromatic rings. The van der Waals surface area contributed by atoms with Gasteiger partial charge in [-0.1, -0.05) is 6.07 Å². The highest BCUT2D eigenvalue weighted by Gasteiger charge is 2.15. The molecule has 1 atom stereocenters. The maximum Gasteiger partial charge on any atom is 0.220 e. The van der Waals surface area contributed by atoms with Crippen LogP contribution in [0.3, 0.4) is 0 Å². The van der Waals surface area contributed by atoms with E-state index in [4.69, 9.17) is 9.47 Å². The lowest BCUT2D eigenvalue weighted by Gasteiger charge is -2.23. The van der Waals surface area contributed by atoms with Crippen molar-refractivity contribution < 1.29 is 14.3 Å². The Labute approximate surface area is 153 Å².